The second-order valence-corrected chi connectivity index (χ2v) is 9.05. The predicted octanol–water partition coefficient (Wildman–Crippen LogP) is 5.24. The van der Waals surface area contributed by atoms with Gasteiger partial charge in [0, 0.05) is 9.52 Å². The van der Waals surface area contributed by atoms with Crippen LogP contribution in [-0.2, 0) is 0 Å². The van der Waals surface area contributed by atoms with Gasteiger partial charge in [-0.2, -0.15) is 0 Å². The fourth-order valence-corrected chi connectivity index (χ4v) is 4.19. The molecule has 3 heteroatoms. The van der Waals surface area contributed by atoms with Crippen LogP contribution in [0.25, 0.3) is 0 Å². The van der Waals surface area contributed by atoms with Gasteiger partial charge in [-0.25, -0.2) is 0 Å². The van der Waals surface area contributed by atoms with E-state index in [1.165, 1.54) is 90.0 Å². The van der Waals surface area contributed by atoms with Crippen molar-refractivity contribution in [3.63, 3.8) is 0 Å². The van der Waals surface area contributed by atoms with E-state index in [0.29, 0.717) is 6.17 Å². The lowest BCUT2D eigenvalue weighted by Gasteiger charge is -2.40. The minimum absolute atomic E-state index is 0.0511. The van der Waals surface area contributed by atoms with Gasteiger partial charge in [0.1, 0.15) is 0 Å². The molecule has 0 fully saturated rings. The quantitative estimate of drug-likeness (QED) is 0.189. The molecule has 0 unspecified atom stereocenters. The molecule has 0 atom stereocenters. The maximum absolute atomic E-state index is 3.98. The van der Waals surface area contributed by atoms with E-state index < -0.39 is 0 Å². The van der Waals surface area contributed by atoms with Crippen LogP contribution in [0.3, 0.4) is 0 Å². The van der Waals surface area contributed by atoms with Gasteiger partial charge in [0.05, 0.1) is 6.17 Å². The lowest BCUT2D eigenvalue weighted by atomic mass is 10.1. The Morgan fingerprint density at radius 2 is 1.12 bits per heavy atom. The van der Waals surface area contributed by atoms with Crippen molar-refractivity contribution in [2.75, 3.05) is 26.2 Å². The van der Waals surface area contributed by atoms with E-state index in [0.717, 1.165) is 0 Å². The molecular weight excluding hydrogens is 308 g/mol. The Morgan fingerprint density at radius 1 is 0.750 bits per heavy atom. The molecule has 0 aliphatic rings. The Labute approximate surface area is 155 Å². The average Bonchev–Trinajstić information content (AvgIpc) is 2.60. The summed E-state index contributed by atoms with van der Waals surface area (Å²) in [5.74, 6) is 0. The van der Waals surface area contributed by atoms with E-state index >= 15 is 0 Å². The maximum Gasteiger partial charge on any atom is 0.0619 e. The van der Waals surface area contributed by atoms with Crippen molar-refractivity contribution in [2.45, 2.75) is 97.7 Å². The van der Waals surface area contributed by atoms with Crippen LogP contribution in [0.5, 0.6) is 0 Å². The lowest BCUT2D eigenvalue weighted by Crippen LogP contribution is -2.50. The summed E-state index contributed by atoms with van der Waals surface area (Å²) in [4.78, 5) is 5.66. The summed E-state index contributed by atoms with van der Waals surface area (Å²) >= 11 is 0. The van der Waals surface area contributed by atoms with E-state index in [1.54, 1.807) is 0 Å². The molecule has 0 bridgehead atoms. The molecule has 2 nitrogen and oxygen atoms in total. The van der Waals surface area contributed by atoms with Gasteiger partial charge in [-0.3, -0.25) is 9.80 Å². The van der Waals surface area contributed by atoms with Crippen molar-refractivity contribution < 1.29 is 0 Å². The Hall–Kier alpha value is -0.123. The van der Waals surface area contributed by atoms with Crippen molar-refractivity contribution in [2.24, 2.45) is 0 Å². The van der Waals surface area contributed by atoms with Crippen LogP contribution in [0, 0.1) is 0 Å². The molecule has 144 valence electrons. The molecule has 0 aromatic rings. The average molecular weight is 355 g/mol. The van der Waals surface area contributed by atoms with Crippen LogP contribution in [0.2, 0.25) is 6.04 Å². The standard InChI is InChI=1S/C21H46N2Si/c1-6-11-16-22(17-12-7-2)21(15-20-24-10-5)23(18-13-8-3)19-14-9-4/h10,21H,5-9,11-20,24H2,1-4H3. The first kappa shape index (κ1) is 23.9. The summed E-state index contributed by atoms with van der Waals surface area (Å²) < 4.78 is 0. The molecule has 0 heterocycles. The van der Waals surface area contributed by atoms with Crippen LogP contribution >= 0.6 is 0 Å². The SMILES string of the molecule is C=C[SiH2]CCC(N(CCCC)CCCC)N(CCCC)CCCC. The molecule has 0 rings (SSSR count). The van der Waals surface area contributed by atoms with Crippen molar-refractivity contribution in [1.82, 2.24) is 9.80 Å². The summed E-state index contributed by atoms with van der Waals surface area (Å²) in [7, 11) is -0.0511. The zero-order valence-corrected chi connectivity index (χ0v) is 18.8. The Balaban J connectivity index is 5.04. The van der Waals surface area contributed by atoms with E-state index in [4.69, 9.17) is 0 Å². The molecule has 0 saturated carbocycles. The number of hydrogen-bond donors (Lipinski definition) is 0. The Kier molecular flexibility index (Phi) is 17.6. The van der Waals surface area contributed by atoms with Gasteiger partial charge in [0.2, 0.25) is 0 Å². The van der Waals surface area contributed by atoms with Crippen LogP contribution in [-0.4, -0.2) is 51.7 Å². The number of rotatable bonds is 18. The zero-order chi connectivity index (χ0) is 18.0. The Morgan fingerprint density at radius 3 is 1.42 bits per heavy atom. The summed E-state index contributed by atoms with van der Waals surface area (Å²) in [6.07, 6.45) is 12.6. The van der Waals surface area contributed by atoms with E-state index in [2.05, 4.69) is 49.8 Å². The number of nitrogens with zero attached hydrogens (tertiary/aromatic N) is 2. The first-order valence-electron chi connectivity index (χ1n) is 10.8. The molecule has 0 N–H and O–H groups in total. The van der Waals surface area contributed by atoms with Crippen molar-refractivity contribution in [1.29, 1.82) is 0 Å². The molecule has 0 aromatic heterocycles. The normalized spacial score (nSPS) is 12.3. The van der Waals surface area contributed by atoms with Gasteiger partial charge in [-0.1, -0.05) is 59.4 Å². The summed E-state index contributed by atoms with van der Waals surface area (Å²) in [6, 6.07) is 1.41. The molecule has 0 amide bonds. The monoisotopic (exact) mass is 354 g/mol. The van der Waals surface area contributed by atoms with Gasteiger partial charge >= 0.3 is 0 Å². The highest BCUT2D eigenvalue weighted by Crippen LogP contribution is 2.17. The van der Waals surface area contributed by atoms with Crippen molar-refractivity contribution >= 4 is 9.52 Å². The first-order valence-corrected chi connectivity index (χ1v) is 12.7. The molecule has 0 saturated heterocycles. The highest BCUT2D eigenvalue weighted by molar-refractivity contribution is 6.41. The van der Waals surface area contributed by atoms with Gasteiger partial charge in [0.15, 0.2) is 0 Å². The fraction of sp³-hybridized carbons (Fsp3) is 0.905. The smallest absolute Gasteiger partial charge is 0.0619 e. The second kappa shape index (κ2) is 17.7. The topological polar surface area (TPSA) is 6.48 Å². The minimum Gasteiger partial charge on any atom is -0.288 e. The third-order valence-electron chi connectivity index (χ3n) is 4.91. The molecule has 24 heavy (non-hydrogen) atoms. The third kappa shape index (κ3) is 11.4. The van der Waals surface area contributed by atoms with Gasteiger partial charge in [0.25, 0.3) is 0 Å². The number of hydrogen-bond acceptors (Lipinski definition) is 2. The Bertz CT molecular complexity index is 235. The van der Waals surface area contributed by atoms with Crippen LogP contribution < -0.4 is 0 Å². The predicted molar refractivity (Wildman–Crippen MR) is 115 cm³/mol. The van der Waals surface area contributed by atoms with Crippen LogP contribution in [0.15, 0.2) is 12.3 Å². The molecule has 0 aliphatic carbocycles. The van der Waals surface area contributed by atoms with Crippen molar-refractivity contribution in [3.05, 3.63) is 12.3 Å². The first-order chi connectivity index (χ1) is 11.7. The second-order valence-electron chi connectivity index (χ2n) is 7.19. The highest BCUT2D eigenvalue weighted by atomic mass is 28.2. The molecule has 0 radical (unpaired) electrons. The summed E-state index contributed by atoms with van der Waals surface area (Å²) in [5, 5.41) is 0. The number of unbranched alkanes of at least 4 members (excludes halogenated alkanes) is 4. The molecule has 0 aromatic carbocycles. The van der Waals surface area contributed by atoms with Crippen LogP contribution in [0.4, 0.5) is 0 Å². The van der Waals surface area contributed by atoms with Crippen molar-refractivity contribution in [3.8, 4) is 0 Å². The lowest BCUT2D eigenvalue weighted by molar-refractivity contribution is 0.0344. The van der Waals surface area contributed by atoms with E-state index in [-0.39, 0.29) is 9.52 Å². The molecule has 0 spiro atoms. The fourth-order valence-electron chi connectivity index (χ4n) is 3.31. The third-order valence-corrected chi connectivity index (χ3v) is 6.13. The van der Waals surface area contributed by atoms with E-state index in [9.17, 15) is 0 Å². The molecule has 0 aliphatic heterocycles. The van der Waals surface area contributed by atoms with Gasteiger partial charge in [-0.05, 0) is 58.3 Å². The summed E-state index contributed by atoms with van der Waals surface area (Å²) in [5.41, 5.74) is 2.22. The molecular formula is C21H46N2Si. The highest BCUT2D eigenvalue weighted by Gasteiger charge is 2.23. The van der Waals surface area contributed by atoms with Gasteiger partial charge < -0.3 is 0 Å². The maximum atomic E-state index is 3.98. The van der Waals surface area contributed by atoms with E-state index in [1.807, 2.05) is 0 Å². The van der Waals surface area contributed by atoms with Crippen LogP contribution in [0.1, 0.15) is 85.5 Å². The van der Waals surface area contributed by atoms with Gasteiger partial charge in [-0.15, -0.1) is 12.3 Å². The summed E-state index contributed by atoms with van der Waals surface area (Å²) in [6.45, 7) is 18.4. The zero-order valence-electron chi connectivity index (χ0n) is 17.4. The largest absolute Gasteiger partial charge is 0.288 e. The minimum atomic E-state index is -0.0511.